The van der Waals surface area contributed by atoms with Crippen LogP contribution >= 0.6 is 0 Å². The van der Waals surface area contributed by atoms with Crippen LogP contribution in [0, 0.1) is 5.92 Å². The molecule has 0 fully saturated rings. The van der Waals surface area contributed by atoms with Crippen LogP contribution in [0.2, 0.25) is 0 Å². The van der Waals surface area contributed by atoms with Crippen LogP contribution < -0.4 is 5.73 Å². The van der Waals surface area contributed by atoms with E-state index in [2.05, 4.69) is 0 Å². The Labute approximate surface area is 73.3 Å². The highest BCUT2D eigenvalue weighted by Gasteiger charge is 2.14. The summed E-state index contributed by atoms with van der Waals surface area (Å²) in [6.07, 6.45) is 0.666. The van der Waals surface area contributed by atoms with Gasteiger partial charge in [-0.25, -0.2) is 4.79 Å². The first-order chi connectivity index (χ1) is 5.50. The fourth-order valence-corrected chi connectivity index (χ4v) is 1.27. The molecule has 0 aromatic heterocycles. The third kappa shape index (κ3) is 3.05. The first-order valence-electron chi connectivity index (χ1n) is 4.13. The fraction of sp³-hybridized carbons (Fsp3) is 0.667. The van der Waals surface area contributed by atoms with Crippen molar-refractivity contribution < 1.29 is 9.90 Å². The Kier molecular flexibility index (Phi) is 4.59. The number of carboxylic acids is 1. The van der Waals surface area contributed by atoms with Crippen molar-refractivity contribution in [2.45, 2.75) is 27.2 Å². The highest BCUT2D eigenvalue weighted by Crippen LogP contribution is 2.16. The topological polar surface area (TPSA) is 63.3 Å². The minimum atomic E-state index is -0.823. The molecule has 0 rings (SSSR count). The Morgan fingerprint density at radius 2 is 2.00 bits per heavy atom. The van der Waals surface area contributed by atoms with Gasteiger partial charge in [-0.15, -0.1) is 0 Å². The lowest BCUT2D eigenvalue weighted by molar-refractivity contribution is -0.133. The van der Waals surface area contributed by atoms with E-state index in [-0.39, 0.29) is 5.92 Å². The van der Waals surface area contributed by atoms with Crippen molar-refractivity contribution in [1.82, 2.24) is 0 Å². The van der Waals surface area contributed by atoms with Crippen molar-refractivity contribution in [1.29, 1.82) is 0 Å². The zero-order chi connectivity index (χ0) is 9.72. The number of carboxylic acid groups (broad SMARTS) is 1. The molecule has 0 heterocycles. The summed E-state index contributed by atoms with van der Waals surface area (Å²) in [6.45, 7) is 6.10. The molecule has 0 radical (unpaired) electrons. The molecule has 0 atom stereocenters. The summed E-state index contributed by atoms with van der Waals surface area (Å²) in [7, 11) is 0. The van der Waals surface area contributed by atoms with E-state index in [1.54, 1.807) is 0 Å². The largest absolute Gasteiger partial charge is 0.478 e. The summed E-state index contributed by atoms with van der Waals surface area (Å²) in [5.74, 6) is -0.759. The maximum atomic E-state index is 10.8. The maximum absolute atomic E-state index is 10.8. The van der Waals surface area contributed by atoms with Gasteiger partial charge in [-0.2, -0.15) is 0 Å². The van der Waals surface area contributed by atoms with Crippen LogP contribution in [0.1, 0.15) is 27.2 Å². The van der Waals surface area contributed by atoms with Crippen LogP contribution in [0.5, 0.6) is 0 Å². The summed E-state index contributed by atoms with van der Waals surface area (Å²) < 4.78 is 0. The minimum absolute atomic E-state index is 0.0639. The molecule has 0 aromatic carbocycles. The lowest BCUT2D eigenvalue weighted by atomic mass is 9.96. The SMILES string of the molecule is CC(CCN)=C(C(=O)O)C(C)C. The Hall–Kier alpha value is -0.830. The van der Waals surface area contributed by atoms with Crippen molar-refractivity contribution in [2.24, 2.45) is 11.7 Å². The van der Waals surface area contributed by atoms with Gasteiger partial charge in [0.1, 0.15) is 0 Å². The maximum Gasteiger partial charge on any atom is 0.331 e. The monoisotopic (exact) mass is 171 g/mol. The van der Waals surface area contributed by atoms with E-state index in [9.17, 15) is 4.79 Å². The first-order valence-corrected chi connectivity index (χ1v) is 4.13. The molecule has 0 bridgehead atoms. The summed E-state index contributed by atoms with van der Waals surface area (Å²) >= 11 is 0. The summed E-state index contributed by atoms with van der Waals surface area (Å²) in [5.41, 5.74) is 6.73. The third-order valence-electron chi connectivity index (χ3n) is 1.79. The molecule has 0 amide bonds. The van der Waals surface area contributed by atoms with Gasteiger partial charge in [0.05, 0.1) is 0 Å². The number of rotatable bonds is 4. The highest BCUT2D eigenvalue weighted by molar-refractivity contribution is 5.87. The molecule has 0 saturated carbocycles. The molecule has 0 aliphatic heterocycles. The van der Waals surface area contributed by atoms with Crippen molar-refractivity contribution >= 4 is 5.97 Å². The molecule has 3 nitrogen and oxygen atoms in total. The van der Waals surface area contributed by atoms with Crippen LogP contribution in [-0.4, -0.2) is 17.6 Å². The molecule has 3 N–H and O–H groups in total. The van der Waals surface area contributed by atoms with Crippen LogP contribution in [0.3, 0.4) is 0 Å². The third-order valence-corrected chi connectivity index (χ3v) is 1.79. The number of carbonyl (C=O) groups is 1. The van der Waals surface area contributed by atoms with Gasteiger partial charge in [-0.1, -0.05) is 19.4 Å². The van der Waals surface area contributed by atoms with Crippen molar-refractivity contribution in [3.05, 3.63) is 11.1 Å². The zero-order valence-corrected chi connectivity index (χ0v) is 7.92. The predicted octanol–water partition coefficient (Wildman–Crippen LogP) is 1.39. The smallest absolute Gasteiger partial charge is 0.331 e. The Balaban J connectivity index is 4.68. The van der Waals surface area contributed by atoms with Gasteiger partial charge < -0.3 is 10.8 Å². The number of nitrogens with two attached hydrogens (primary N) is 1. The van der Waals surface area contributed by atoms with Crippen molar-refractivity contribution in [2.75, 3.05) is 6.54 Å². The molecular weight excluding hydrogens is 154 g/mol. The van der Waals surface area contributed by atoms with Gasteiger partial charge in [-0.3, -0.25) is 0 Å². The number of aliphatic carboxylic acids is 1. The predicted molar refractivity (Wildman–Crippen MR) is 48.8 cm³/mol. The van der Waals surface area contributed by atoms with E-state index in [1.807, 2.05) is 20.8 Å². The van der Waals surface area contributed by atoms with E-state index in [4.69, 9.17) is 10.8 Å². The van der Waals surface area contributed by atoms with Crippen molar-refractivity contribution in [3.8, 4) is 0 Å². The van der Waals surface area contributed by atoms with E-state index < -0.39 is 5.97 Å². The average Bonchev–Trinajstić information content (AvgIpc) is 1.85. The molecule has 3 heteroatoms. The molecule has 0 aliphatic carbocycles. The fourth-order valence-electron chi connectivity index (χ4n) is 1.27. The quantitative estimate of drug-likeness (QED) is 0.628. The summed E-state index contributed by atoms with van der Waals surface area (Å²) in [5, 5.41) is 8.84. The second-order valence-electron chi connectivity index (χ2n) is 3.19. The minimum Gasteiger partial charge on any atom is -0.478 e. The van der Waals surface area contributed by atoms with E-state index in [1.165, 1.54) is 0 Å². The average molecular weight is 171 g/mol. The molecule has 70 valence electrons. The van der Waals surface area contributed by atoms with E-state index in [0.29, 0.717) is 18.5 Å². The highest BCUT2D eigenvalue weighted by atomic mass is 16.4. The first kappa shape index (κ1) is 11.2. The summed E-state index contributed by atoms with van der Waals surface area (Å²) in [6, 6.07) is 0. The molecule has 0 saturated heterocycles. The molecule has 12 heavy (non-hydrogen) atoms. The standard InChI is InChI=1S/C9H17NO2/c1-6(2)8(9(11)12)7(3)4-5-10/h6H,4-5,10H2,1-3H3,(H,11,12). The van der Waals surface area contributed by atoms with Gasteiger partial charge >= 0.3 is 5.97 Å². The van der Waals surface area contributed by atoms with Crippen LogP contribution in [0.15, 0.2) is 11.1 Å². The van der Waals surface area contributed by atoms with E-state index in [0.717, 1.165) is 5.57 Å². The normalized spacial score (nSPS) is 13.1. The second-order valence-corrected chi connectivity index (χ2v) is 3.19. The van der Waals surface area contributed by atoms with Gasteiger partial charge in [-0.05, 0) is 25.8 Å². The summed E-state index contributed by atoms with van der Waals surface area (Å²) in [4.78, 5) is 10.8. The number of hydrogen-bond acceptors (Lipinski definition) is 2. The van der Waals surface area contributed by atoms with Crippen molar-refractivity contribution in [3.63, 3.8) is 0 Å². The molecule has 0 spiro atoms. The second kappa shape index (κ2) is 4.93. The number of hydrogen-bond donors (Lipinski definition) is 2. The molecule has 0 unspecified atom stereocenters. The Bertz CT molecular complexity index is 195. The van der Waals surface area contributed by atoms with Crippen LogP contribution in [-0.2, 0) is 4.79 Å². The zero-order valence-electron chi connectivity index (χ0n) is 7.92. The molecular formula is C9H17NO2. The Morgan fingerprint density at radius 3 is 2.25 bits per heavy atom. The van der Waals surface area contributed by atoms with Gasteiger partial charge in [0.15, 0.2) is 0 Å². The Morgan fingerprint density at radius 1 is 1.50 bits per heavy atom. The molecule has 0 aliphatic rings. The van der Waals surface area contributed by atoms with Crippen LogP contribution in [0.4, 0.5) is 0 Å². The van der Waals surface area contributed by atoms with Crippen LogP contribution in [0.25, 0.3) is 0 Å². The van der Waals surface area contributed by atoms with Gasteiger partial charge in [0.25, 0.3) is 0 Å². The molecule has 0 aromatic rings. The van der Waals surface area contributed by atoms with Gasteiger partial charge in [0, 0.05) is 5.57 Å². The van der Waals surface area contributed by atoms with E-state index >= 15 is 0 Å². The lowest BCUT2D eigenvalue weighted by Crippen LogP contribution is -2.11. The van der Waals surface area contributed by atoms with Gasteiger partial charge in [0.2, 0.25) is 0 Å². The lowest BCUT2D eigenvalue weighted by Gasteiger charge is -2.10.